The third-order valence-electron chi connectivity index (χ3n) is 5.09. The number of Topliss-reactive ketones (excluding diaryl/α,β-unsaturated/α-hetero) is 1. The molecule has 3 rings (SSSR count). The molecule has 0 fully saturated rings. The first-order chi connectivity index (χ1) is 17.6. The number of alkyl halides is 3. The monoisotopic (exact) mass is 538 g/mol. The van der Waals surface area contributed by atoms with Gasteiger partial charge >= 0.3 is 6.18 Å². The molecule has 2 N–H and O–H groups in total. The lowest BCUT2D eigenvalue weighted by Gasteiger charge is -2.14. The summed E-state index contributed by atoms with van der Waals surface area (Å²) in [7, 11) is 2.70. The van der Waals surface area contributed by atoms with Crippen LogP contribution in [0.4, 0.5) is 13.2 Å². The van der Waals surface area contributed by atoms with E-state index in [0.29, 0.717) is 5.75 Å². The molecule has 12 heteroatoms. The first-order valence-electron chi connectivity index (χ1n) is 10.7. The van der Waals surface area contributed by atoms with Crippen LogP contribution in [0, 0.1) is 0 Å². The third-order valence-corrected chi connectivity index (χ3v) is 5.42. The first kappa shape index (κ1) is 27.8. The number of aliphatic hydroxyl groups excluding tert-OH is 1. The second-order valence-electron chi connectivity index (χ2n) is 7.48. The second-order valence-corrected chi connectivity index (χ2v) is 7.89. The van der Waals surface area contributed by atoms with Crippen LogP contribution in [0.3, 0.4) is 0 Å². The number of hydrogen-bond donors (Lipinski definition) is 2. The van der Waals surface area contributed by atoms with Gasteiger partial charge in [0.2, 0.25) is 0 Å². The molecule has 2 aromatic carbocycles. The van der Waals surface area contributed by atoms with Gasteiger partial charge in [-0.1, -0.05) is 17.7 Å². The number of benzene rings is 2. The topological polar surface area (TPSA) is 107 Å². The van der Waals surface area contributed by atoms with Gasteiger partial charge < -0.3 is 24.6 Å². The van der Waals surface area contributed by atoms with E-state index in [4.69, 9.17) is 30.9 Å². The molecule has 0 unspecified atom stereocenters. The molecule has 0 aliphatic heterocycles. The molecule has 1 aromatic heterocycles. The third kappa shape index (κ3) is 6.69. The summed E-state index contributed by atoms with van der Waals surface area (Å²) in [6, 6.07) is 10.3. The summed E-state index contributed by atoms with van der Waals surface area (Å²) in [5.74, 6) is -0.435. The number of rotatable bonds is 10. The SMILES string of the molecule is COc1cc(C(=O)NCC(=O)c2ccc(OC)c(-c3ccc(Cl)c(C(F)(F)F)c3)n2)ccc1OCCO. The number of pyridine rings is 1. The number of halogens is 4. The molecular weight excluding hydrogens is 517 g/mol. The van der Waals surface area contributed by atoms with Gasteiger partial charge in [0, 0.05) is 11.1 Å². The van der Waals surface area contributed by atoms with Crippen molar-refractivity contribution in [3.05, 3.63) is 70.4 Å². The molecule has 0 saturated carbocycles. The molecular formula is C25H22ClF3N2O6. The number of hydrogen-bond acceptors (Lipinski definition) is 7. The Kier molecular flexibility index (Phi) is 8.95. The lowest BCUT2D eigenvalue weighted by molar-refractivity contribution is -0.137. The zero-order chi connectivity index (χ0) is 27.2. The number of nitrogens with one attached hydrogen (secondary N) is 1. The summed E-state index contributed by atoms with van der Waals surface area (Å²) < 4.78 is 55.7. The van der Waals surface area contributed by atoms with Crippen LogP contribution in [0.1, 0.15) is 26.4 Å². The predicted octanol–water partition coefficient (Wildman–Crippen LogP) is 4.42. The van der Waals surface area contributed by atoms with Crippen LogP contribution in [0.25, 0.3) is 11.3 Å². The quantitative estimate of drug-likeness (QED) is 0.368. The second kappa shape index (κ2) is 11.9. The minimum absolute atomic E-state index is 0.00467. The molecule has 8 nitrogen and oxygen atoms in total. The van der Waals surface area contributed by atoms with E-state index in [1.807, 2.05) is 0 Å². The molecule has 3 aromatic rings. The zero-order valence-electron chi connectivity index (χ0n) is 19.7. The maximum atomic E-state index is 13.3. The van der Waals surface area contributed by atoms with Crippen molar-refractivity contribution in [1.29, 1.82) is 0 Å². The Morgan fingerprint density at radius 1 is 1.00 bits per heavy atom. The van der Waals surface area contributed by atoms with Crippen LogP contribution in [0.2, 0.25) is 5.02 Å². The van der Waals surface area contributed by atoms with E-state index in [1.54, 1.807) is 0 Å². The first-order valence-corrected chi connectivity index (χ1v) is 11.1. The highest BCUT2D eigenvalue weighted by Crippen LogP contribution is 2.38. The van der Waals surface area contributed by atoms with E-state index in [1.165, 1.54) is 50.6 Å². The summed E-state index contributed by atoms with van der Waals surface area (Å²) in [5, 5.41) is 10.9. The molecule has 37 heavy (non-hydrogen) atoms. The van der Waals surface area contributed by atoms with Gasteiger partial charge in [0.25, 0.3) is 5.91 Å². The van der Waals surface area contributed by atoms with Crippen molar-refractivity contribution in [1.82, 2.24) is 10.3 Å². The van der Waals surface area contributed by atoms with Crippen LogP contribution in [-0.2, 0) is 6.18 Å². The van der Waals surface area contributed by atoms with E-state index < -0.39 is 35.0 Å². The van der Waals surface area contributed by atoms with Crippen molar-refractivity contribution < 1.29 is 42.1 Å². The standard InChI is InChI=1S/C25H22ClF3N2O6/c1-35-21-8-6-18(31-23(21)14-3-5-17(26)16(11-14)25(27,28)29)19(33)13-30-24(34)15-4-7-20(37-10-9-32)22(12-15)36-2/h3-8,11-12,32H,9-10,13H2,1-2H3,(H,30,34). The van der Waals surface area contributed by atoms with Crippen LogP contribution >= 0.6 is 11.6 Å². The van der Waals surface area contributed by atoms with Crippen molar-refractivity contribution in [2.75, 3.05) is 34.0 Å². The van der Waals surface area contributed by atoms with E-state index in [2.05, 4.69) is 10.3 Å². The minimum atomic E-state index is -4.69. The summed E-state index contributed by atoms with van der Waals surface area (Å²) in [4.78, 5) is 29.5. The van der Waals surface area contributed by atoms with Crippen molar-refractivity contribution in [3.8, 4) is 28.5 Å². The van der Waals surface area contributed by atoms with Gasteiger partial charge in [0.05, 0.1) is 38.0 Å². The highest BCUT2D eigenvalue weighted by Gasteiger charge is 2.33. The fraction of sp³-hybridized carbons (Fsp3) is 0.240. The van der Waals surface area contributed by atoms with Crippen LogP contribution in [0.5, 0.6) is 17.2 Å². The van der Waals surface area contributed by atoms with E-state index >= 15 is 0 Å². The predicted molar refractivity (Wildman–Crippen MR) is 128 cm³/mol. The van der Waals surface area contributed by atoms with E-state index in [9.17, 15) is 22.8 Å². The number of ketones is 1. The van der Waals surface area contributed by atoms with Crippen LogP contribution in [0.15, 0.2) is 48.5 Å². The molecule has 1 amide bonds. The Labute approximate surface area is 214 Å². The molecule has 0 bridgehead atoms. The zero-order valence-corrected chi connectivity index (χ0v) is 20.4. The summed E-state index contributed by atoms with van der Waals surface area (Å²) >= 11 is 5.70. The lowest BCUT2D eigenvalue weighted by Crippen LogP contribution is -2.30. The summed E-state index contributed by atoms with van der Waals surface area (Å²) in [6.07, 6.45) is -4.69. The Morgan fingerprint density at radius 3 is 2.35 bits per heavy atom. The molecule has 0 aliphatic rings. The summed E-state index contributed by atoms with van der Waals surface area (Å²) in [6.45, 7) is -0.589. The fourth-order valence-corrected chi connectivity index (χ4v) is 3.52. The minimum Gasteiger partial charge on any atom is -0.494 e. The number of amides is 1. The Morgan fingerprint density at radius 2 is 1.70 bits per heavy atom. The normalized spacial score (nSPS) is 11.1. The molecule has 1 heterocycles. The molecule has 0 radical (unpaired) electrons. The highest BCUT2D eigenvalue weighted by atomic mass is 35.5. The smallest absolute Gasteiger partial charge is 0.417 e. The molecule has 196 valence electrons. The van der Waals surface area contributed by atoms with Crippen molar-refractivity contribution in [2.24, 2.45) is 0 Å². The largest absolute Gasteiger partial charge is 0.494 e. The number of aliphatic hydroxyl groups is 1. The van der Waals surface area contributed by atoms with Gasteiger partial charge in [0.15, 0.2) is 17.3 Å². The molecule has 0 spiro atoms. The number of carbonyl (C=O) groups is 2. The van der Waals surface area contributed by atoms with Gasteiger partial charge in [-0.25, -0.2) is 4.98 Å². The van der Waals surface area contributed by atoms with E-state index in [0.717, 1.165) is 12.1 Å². The number of ether oxygens (including phenoxy) is 3. The Balaban J connectivity index is 1.80. The number of aromatic nitrogens is 1. The number of nitrogens with zero attached hydrogens (tertiary/aromatic N) is 1. The van der Waals surface area contributed by atoms with Gasteiger partial charge in [-0.3, -0.25) is 9.59 Å². The average Bonchev–Trinajstić information content (AvgIpc) is 2.89. The molecule has 0 atom stereocenters. The van der Waals surface area contributed by atoms with E-state index in [-0.39, 0.29) is 47.2 Å². The Hall–Kier alpha value is -3.83. The fourth-order valence-electron chi connectivity index (χ4n) is 3.30. The lowest BCUT2D eigenvalue weighted by atomic mass is 10.1. The number of carbonyl (C=O) groups excluding carboxylic acids is 2. The van der Waals surface area contributed by atoms with Gasteiger partial charge in [-0.05, 0) is 42.5 Å². The van der Waals surface area contributed by atoms with Gasteiger partial charge in [-0.2, -0.15) is 13.2 Å². The maximum absolute atomic E-state index is 13.3. The van der Waals surface area contributed by atoms with Crippen LogP contribution in [-0.4, -0.2) is 55.8 Å². The van der Waals surface area contributed by atoms with Crippen molar-refractivity contribution in [2.45, 2.75) is 6.18 Å². The maximum Gasteiger partial charge on any atom is 0.417 e. The van der Waals surface area contributed by atoms with Gasteiger partial charge in [-0.15, -0.1) is 0 Å². The average molecular weight is 539 g/mol. The van der Waals surface area contributed by atoms with Crippen molar-refractivity contribution >= 4 is 23.3 Å². The Bertz CT molecular complexity index is 1300. The molecule has 0 aliphatic carbocycles. The summed E-state index contributed by atoms with van der Waals surface area (Å²) in [5.41, 5.74) is -0.911. The molecule has 0 saturated heterocycles. The van der Waals surface area contributed by atoms with Crippen molar-refractivity contribution in [3.63, 3.8) is 0 Å². The highest BCUT2D eigenvalue weighted by molar-refractivity contribution is 6.31. The van der Waals surface area contributed by atoms with Gasteiger partial charge in [0.1, 0.15) is 23.7 Å². The van der Waals surface area contributed by atoms with Crippen LogP contribution < -0.4 is 19.5 Å². The number of methoxy groups -OCH3 is 2.